The number of carbonyl (C=O) groups is 2. The Kier molecular flexibility index (Phi) is 7.95. The Morgan fingerprint density at radius 3 is 2.23 bits per heavy atom. The van der Waals surface area contributed by atoms with E-state index < -0.39 is 43.6 Å². The largest absolute Gasteiger partial charge is 0.506 e. The van der Waals surface area contributed by atoms with Crippen molar-refractivity contribution >= 4 is 59.7 Å². The Hall–Kier alpha value is -4.66. The van der Waals surface area contributed by atoms with Gasteiger partial charge in [-0.25, -0.2) is 8.42 Å². The molecule has 4 rings (SSSR count). The highest BCUT2D eigenvalue weighted by Crippen LogP contribution is 2.32. The number of hydrogen-bond donors (Lipinski definition) is 4. The number of azo groups is 1. The summed E-state index contributed by atoms with van der Waals surface area (Å²) >= 11 is 0. The molecule has 12 nitrogen and oxygen atoms in total. The van der Waals surface area contributed by atoms with Crippen LogP contribution in [0.5, 0.6) is 5.75 Å². The molecule has 0 radical (unpaired) electrons. The number of anilines is 2. The lowest BCUT2D eigenvalue weighted by Crippen LogP contribution is -2.31. The Balaban J connectivity index is 1.61. The molecule has 206 valence electrons. The summed E-state index contributed by atoms with van der Waals surface area (Å²) in [5.41, 5.74) is 0.237. The van der Waals surface area contributed by atoms with Crippen molar-refractivity contribution in [2.45, 2.75) is 22.8 Å². The number of aromatic hydroxyl groups is 1. The highest BCUT2D eigenvalue weighted by molar-refractivity contribution is 7.92. The quantitative estimate of drug-likeness (QED) is 0.128. The van der Waals surface area contributed by atoms with E-state index in [1.807, 2.05) is 0 Å². The molecule has 0 aliphatic carbocycles. The van der Waals surface area contributed by atoms with Crippen LogP contribution in [-0.2, 0) is 29.7 Å². The maximum atomic E-state index is 13.2. The van der Waals surface area contributed by atoms with Gasteiger partial charge in [0.1, 0.15) is 11.4 Å². The first-order valence-electron chi connectivity index (χ1n) is 11.5. The van der Waals surface area contributed by atoms with E-state index in [2.05, 4.69) is 20.3 Å². The minimum absolute atomic E-state index is 0.116. The van der Waals surface area contributed by atoms with Gasteiger partial charge < -0.3 is 10.4 Å². The summed E-state index contributed by atoms with van der Waals surface area (Å²) in [6.07, 6.45) is 0. The van der Waals surface area contributed by atoms with Gasteiger partial charge in [-0.15, -0.1) is 0 Å². The van der Waals surface area contributed by atoms with Crippen LogP contribution in [0.3, 0.4) is 0 Å². The van der Waals surface area contributed by atoms with Crippen LogP contribution in [0.2, 0.25) is 0 Å². The zero-order valence-corrected chi connectivity index (χ0v) is 22.3. The highest BCUT2D eigenvalue weighted by atomic mass is 32.2. The number of Topliss-reactive ketones (excluding diaryl/α,β-unsaturated/α-hetero) is 1. The first kappa shape index (κ1) is 28.4. The van der Waals surface area contributed by atoms with E-state index >= 15 is 0 Å². The number of phenolic OH excluding ortho intramolecular Hbond substituents is 1. The Morgan fingerprint density at radius 1 is 0.850 bits per heavy atom. The number of rotatable bonds is 9. The normalized spacial score (nSPS) is 12.8. The molecule has 0 fully saturated rings. The minimum atomic E-state index is -4.46. The van der Waals surface area contributed by atoms with E-state index in [1.165, 1.54) is 24.3 Å². The van der Waals surface area contributed by atoms with Gasteiger partial charge in [-0.2, -0.15) is 18.6 Å². The van der Waals surface area contributed by atoms with Gasteiger partial charge >= 0.3 is 0 Å². The monoisotopic (exact) mass is 582 g/mol. The summed E-state index contributed by atoms with van der Waals surface area (Å²) in [5.74, 6) is -1.84. The number of phenols is 1. The number of carbonyl (C=O) groups excluding carboxylic acids is 2. The number of nitrogens with one attached hydrogen (secondary N) is 2. The van der Waals surface area contributed by atoms with Crippen LogP contribution < -0.4 is 10.0 Å². The second kappa shape index (κ2) is 11.2. The molecule has 0 saturated carbocycles. The lowest BCUT2D eigenvalue weighted by atomic mass is 10.1. The van der Waals surface area contributed by atoms with E-state index in [0.29, 0.717) is 16.5 Å². The molecule has 0 saturated heterocycles. The van der Waals surface area contributed by atoms with Crippen molar-refractivity contribution in [1.29, 1.82) is 0 Å². The third kappa shape index (κ3) is 6.48. The number of para-hydroxylation sites is 1. The molecule has 1 unspecified atom stereocenters. The zero-order chi connectivity index (χ0) is 29.1. The molecule has 14 heteroatoms. The third-order valence-electron chi connectivity index (χ3n) is 5.61. The van der Waals surface area contributed by atoms with Crippen molar-refractivity contribution in [1.82, 2.24) is 0 Å². The molecule has 0 bridgehead atoms. The molecule has 4 aromatic carbocycles. The molecule has 4 N–H and O–H groups in total. The fraction of sp³-hybridized carbons (Fsp3) is 0.0769. The topological polar surface area (TPSA) is 192 Å². The summed E-state index contributed by atoms with van der Waals surface area (Å²) < 4.78 is 60.9. The van der Waals surface area contributed by atoms with Gasteiger partial charge in [-0.3, -0.25) is 18.9 Å². The molecular formula is C26H22N4O8S2. The number of ketones is 1. The van der Waals surface area contributed by atoms with E-state index in [1.54, 1.807) is 36.4 Å². The van der Waals surface area contributed by atoms with Gasteiger partial charge in [0.2, 0.25) is 6.04 Å². The Bertz CT molecular complexity index is 1860. The van der Waals surface area contributed by atoms with Crippen molar-refractivity contribution < 1.29 is 36.1 Å². The number of sulfonamides is 1. The lowest BCUT2D eigenvalue weighted by molar-refractivity contribution is -0.126. The number of nitrogens with zero attached hydrogens (tertiary/aromatic N) is 2. The van der Waals surface area contributed by atoms with Gasteiger partial charge in [0, 0.05) is 11.1 Å². The minimum Gasteiger partial charge on any atom is -0.506 e. The molecular weight excluding hydrogens is 560 g/mol. The van der Waals surface area contributed by atoms with E-state index in [4.69, 9.17) is 0 Å². The molecule has 0 aliphatic heterocycles. The van der Waals surface area contributed by atoms with Crippen molar-refractivity contribution in [3.8, 4) is 5.75 Å². The standard InChI is InChI=1S/C26H22N4O8S2/c1-16(31)25(26(33)27-18-7-3-2-4-8-18)29-28-23-15-19(11-13-24(23)32)39(34,35)30-22-9-5-6-17-14-20(40(36,37)38)10-12-21(17)22/h2-15,25,30,32H,1H3,(H,27,33)(H,36,37,38). The number of benzene rings is 4. The molecule has 0 aliphatic rings. The van der Waals surface area contributed by atoms with Crippen LogP contribution in [0.1, 0.15) is 6.92 Å². The zero-order valence-electron chi connectivity index (χ0n) is 20.7. The van der Waals surface area contributed by atoms with E-state index in [-0.39, 0.29) is 21.2 Å². The summed E-state index contributed by atoms with van der Waals surface area (Å²) in [4.78, 5) is 24.0. The Labute approximate surface area is 229 Å². The SMILES string of the molecule is CC(=O)C(N=Nc1cc(S(=O)(=O)Nc2cccc3cc(S(=O)(=O)O)ccc23)ccc1O)C(=O)Nc1ccccc1. The molecule has 1 atom stereocenters. The summed E-state index contributed by atoms with van der Waals surface area (Å²) in [7, 11) is -8.73. The average Bonchev–Trinajstić information content (AvgIpc) is 2.89. The van der Waals surface area contributed by atoms with Gasteiger partial charge in [0.05, 0.1) is 15.5 Å². The maximum absolute atomic E-state index is 13.2. The van der Waals surface area contributed by atoms with Crippen LogP contribution >= 0.6 is 0 Å². The van der Waals surface area contributed by atoms with Gasteiger partial charge in [0.25, 0.3) is 26.0 Å². The van der Waals surface area contributed by atoms with Gasteiger partial charge in [0.15, 0.2) is 5.78 Å². The van der Waals surface area contributed by atoms with E-state index in [0.717, 1.165) is 31.2 Å². The first-order valence-corrected chi connectivity index (χ1v) is 14.4. The number of amides is 1. The van der Waals surface area contributed by atoms with Gasteiger partial charge in [-0.05, 0) is 60.8 Å². The van der Waals surface area contributed by atoms with Crippen LogP contribution in [0.25, 0.3) is 10.8 Å². The first-order chi connectivity index (χ1) is 18.8. The smallest absolute Gasteiger partial charge is 0.294 e. The van der Waals surface area contributed by atoms with Crippen LogP contribution in [0.15, 0.2) is 105 Å². The predicted molar refractivity (Wildman–Crippen MR) is 147 cm³/mol. The van der Waals surface area contributed by atoms with E-state index in [9.17, 15) is 36.1 Å². The third-order valence-corrected chi connectivity index (χ3v) is 7.82. The average molecular weight is 583 g/mol. The lowest BCUT2D eigenvalue weighted by Gasteiger charge is -2.12. The highest BCUT2D eigenvalue weighted by Gasteiger charge is 2.24. The fourth-order valence-electron chi connectivity index (χ4n) is 3.64. The second-order valence-corrected chi connectivity index (χ2v) is 11.6. The fourth-order valence-corrected chi connectivity index (χ4v) is 5.25. The van der Waals surface area contributed by atoms with Crippen LogP contribution in [-0.4, -0.2) is 44.2 Å². The van der Waals surface area contributed by atoms with Crippen LogP contribution in [0.4, 0.5) is 17.1 Å². The number of fused-ring (bicyclic) bond motifs is 1. The van der Waals surface area contributed by atoms with Crippen molar-refractivity contribution in [2.75, 3.05) is 10.0 Å². The second-order valence-electron chi connectivity index (χ2n) is 8.50. The van der Waals surface area contributed by atoms with Crippen molar-refractivity contribution in [2.24, 2.45) is 10.2 Å². The van der Waals surface area contributed by atoms with Gasteiger partial charge in [-0.1, -0.05) is 36.4 Å². The maximum Gasteiger partial charge on any atom is 0.294 e. The molecule has 1 amide bonds. The molecule has 0 heterocycles. The molecule has 0 aromatic heterocycles. The molecule has 0 spiro atoms. The summed E-state index contributed by atoms with van der Waals surface area (Å²) in [6, 6.07) is 18.1. The van der Waals surface area contributed by atoms with Crippen LogP contribution in [0, 0.1) is 0 Å². The molecule has 40 heavy (non-hydrogen) atoms. The summed E-state index contributed by atoms with van der Waals surface area (Å²) in [6.45, 7) is 1.14. The predicted octanol–water partition coefficient (Wildman–Crippen LogP) is 4.27. The van der Waals surface area contributed by atoms with Crippen molar-refractivity contribution in [3.05, 3.63) is 84.9 Å². The molecule has 4 aromatic rings. The Morgan fingerprint density at radius 2 is 1.55 bits per heavy atom. The van der Waals surface area contributed by atoms with Crippen molar-refractivity contribution in [3.63, 3.8) is 0 Å². The number of hydrogen-bond acceptors (Lipinski definition) is 9. The summed E-state index contributed by atoms with van der Waals surface area (Å²) in [5, 5.41) is 21.0.